The van der Waals surface area contributed by atoms with E-state index in [1.54, 1.807) is 31.3 Å². The lowest BCUT2D eigenvalue weighted by atomic mass is 10.2. The Kier molecular flexibility index (Phi) is 4.65. The molecule has 0 aliphatic rings. The second-order valence-electron chi connectivity index (χ2n) is 3.85. The molecule has 4 nitrogen and oxygen atoms in total. The first-order valence-corrected chi connectivity index (χ1v) is 7.17. The Balaban J connectivity index is 2.12. The molecule has 20 heavy (non-hydrogen) atoms. The van der Waals surface area contributed by atoms with Gasteiger partial charge in [0.2, 0.25) is 0 Å². The zero-order valence-corrected chi connectivity index (χ0v) is 12.7. The van der Waals surface area contributed by atoms with E-state index in [0.717, 1.165) is 11.3 Å². The van der Waals surface area contributed by atoms with Crippen molar-refractivity contribution in [1.29, 1.82) is 0 Å². The third-order valence-corrected chi connectivity index (χ3v) is 4.02. The van der Waals surface area contributed by atoms with Crippen LogP contribution in [-0.4, -0.2) is 18.9 Å². The van der Waals surface area contributed by atoms with Crippen LogP contribution < -0.4 is 10.6 Å². The molecule has 2 amide bonds. The first kappa shape index (κ1) is 14.8. The molecule has 0 bridgehead atoms. The lowest BCUT2D eigenvalue weighted by Crippen LogP contribution is -2.17. The molecule has 2 N–H and O–H groups in total. The summed E-state index contributed by atoms with van der Waals surface area (Å²) in [6.07, 6.45) is 0. The molecule has 2 rings (SSSR count). The van der Waals surface area contributed by atoms with Crippen LogP contribution in [0.1, 0.15) is 20.7 Å². The Labute approximate surface area is 129 Å². The van der Waals surface area contributed by atoms with E-state index >= 15 is 0 Å². The van der Waals surface area contributed by atoms with Gasteiger partial charge in [0.05, 0.1) is 9.90 Å². The summed E-state index contributed by atoms with van der Waals surface area (Å²) >= 11 is 12.8. The standard InChI is InChI=1S/C13H10Cl2N2O2S/c1-16-12(18)7-2-4-8(5-3-7)17-13(19)9-6-10(14)20-11(9)15/h2-6H,1H3,(H,16,18)(H,17,19). The maximum atomic E-state index is 12.0. The second-order valence-corrected chi connectivity index (χ2v) is 6.13. The Morgan fingerprint density at radius 3 is 2.25 bits per heavy atom. The molecule has 0 unspecified atom stereocenters. The molecule has 0 saturated carbocycles. The normalized spacial score (nSPS) is 10.2. The summed E-state index contributed by atoms with van der Waals surface area (Å²) in [5.41, 5.74) is 1.42. The second kappa shape index (κ2) is 6.26. The molecule has 2 aromatic rings. The van der Waals surface area contributed by atoms with Crippen LogP contribution in [0.15, 0.2) is 30.3 Å². The van der Waals surface area contributed by atoms with E-state index in [0.29, 0.717) is 25.5 Å². The SMILES string of the molecule is CNC(=O)c1ccc(NC(=O)c2cc(Cl)sc2Cl)cc1. The van der Waals surface area contributed by atoms with Crippen molar-refractivity contribution in [1.82, 2.24) is 5.32 Å². The number of anilines is 1. The predicted molar refractivity (Wildman–Crippen MR) is 82.1 cm³/mol. The van der Waals surface area contributed by atoms with Gasteiger partial charge in [-0.05, 0) is 30.3 Å². The highest BCUT2D eigenvalue weighted by Gasteiger charge is 2.14. The number of carbonyl (C=O) groups is 2. The van der Waals surface area contributed by atoms with Gasteiger partial charge in [0.15, 0.2) is 0 Å². The molecule has 0 atom stereocenters. The number of hydrogen-bond donors (Lipinski definition) is 2. The highest BCUT2D eigenvalue weighted by molar-refractivity contribution is 7.20. The van der Waals surface area contributed by atoms with E-state index < -0.39 is 0 Å². The van der Waals surface area contributed by atoms with Gasteiger partial charge in [-0.25, -0.2) is 0 Å². The maximum absolute atomic E-state index is 12.0. The molecule has 104 valence electrons. The van der Waals surface area contributed by atoms with Crippen molar-refractivity contribution < 1.29 is 9.59 Å². The van der Waals surface area contributed by atoms with Gasteiger partial charge in [-0.1, -0.05) is 23.2 Å². The third kappa shape index (κ3) is 3.30. The lowest BCUT2D eigenvalue weighted by molar-refractivity contribution is 0.0962. The van der Waals surface area contributed by atoms with Gasteiger partial charge in [-0.15, -0.1) is 11.3 Å². The van der Waals surface area contributed by atoms with E-state index in [1.807, 2.05) is 0 Å². The van der Waals surface area contributed by atoms with Gasteiger partial charge < -0.3 is 10.6 Å². The van der Waals surface area contributed by atoms with Gasteiger partial charge in [-0.3, -0.25) is 9.59 Å². The average Bonchev–Trinajstić information content (AvgIpc) is 2.78. The minimum atomic E-state index is -0.342. The van der Waals surface area contributed by atoms with Crippen LogP contribution in [0, 0.1) is 0 Å². The van der Waals surface area contributed by atoms with Crippen molar-refractivity contribution in [2.24, 2.45) is 0 Å². The van der Waals surface area contributed by atoms with Crippen LogP contribution in [0.5, 0.6) is 0 Å². The van der Waals surface area contributed by atoms with Crippen molar-refractivity contribution in [2.75, 3.05) is 12.4 Å². The monoisotopic (exact) mass is 328 g/mol. The van der Waals surface area contributed by atoms with Crippen LogP contribution in [0.2, 0.25) is 8.67 Å². The predicted octanol–water partition coefficient (Wildman–Crippen LogP) is 3.67. The molecule has 0 spiro atoms. The Morgan fingerprint density at radius 1 is 1.10 bits per heavy atom. The maximum Gasteiger partial charge on any atom is 0.258 e. The summed E-state index contributed by atoms with van der Waals surface area (Å²) in [5, 5.41) is 5.21. The van der Waals surface area contributed by atoms with E-state index in [2.05, 4.69) is 10.6 Å². The van der Waals surface area contributed by atoms with E-state index in [-0.39, 0.29) is 11.8 Å². The van der Waals surface area contributed by atoms with Crippen LogP contribution in [0.4, 0.5) is 5.69 Å². The topological polar surface area (TPSA) is 58.2 Å². The third-order valence-electron chi connectivity index (χ3n) is 2.53. The molecular formula is C13H10Cl2N2O2S. The van der Waals surface area contributed by atoms with Crippen LogP contribution >= 0.6 is 34.5 Å². The molecule has 7 heteroatoms. The number of carbonyl (C=O) groups excluding carboxylic acids is 2. The molecular weight excluding hydrogens is 319 g/mol. The van der Waals surface area contributed by atoms with Crippen molar-refractivity contribution in [3.05, 3.63) is 50.1 Å². The van der Waals surface area contributed by atoms with Gasteiger partial charge in [0.1, 0.15) is 4.34 Å². The summed E-state index contributed by atoms with van der Waals surface area (Å²) in [5.74, 6) is -0.526. The van der Waals surface area contributed by atoms with Crippen LogP contribution in [-0.2, 0) is 0 Å². The first-order valence-electron chi connectivity index (χ1n) is 5.59. The van der Waals surface area contributed by atoms with E-state index in [1.165, 1.54) is 6.07 Å². The molecule has 0 fully saturated rings. The van der Waals surface area contributed by atoms with E-state index in [9.17, 15) is 9.59 Å². The van der Waals surface area contributed by atoms with Crippen LogP contribution in [0.3, 0.4) is 0 Å². The highest BCUT2D eigenvalue weighted by atomic mass is 35.5. The van der Waals surface area contributed by atoms with Crippen LogP contribution in [0.25, 0.3) is 0 Å². The summed E-state index contributed by atoms with van der Waals surface area (Å²) in [6.45, 7) is 0. The van der Waals surface area contributed by atoms with Crippen molar-refractivity contribution >= 4 is 52.0 Å². The fourth-order valence-corrected chi connectivity index (χ4v) is 3.00. The summed E-state index contributed by atoms with van der Waals surface area (Å²) in [7, 11) is 1.56. The zero-order chi connectivity index (χ0) is 14.7. The number of amides is 2. The molecule has 1 aromatic carbocycles. The molecule has 1 aromatic heterocycles. The number of nitrogens with one attached hydrogen (secondary N) is 2. The summed E-state index contributed by atoms with van der Waals surface area (Å²) in [6, 6.07) is 8.05. The lowest BCUT2D eigenvalue weighted by Gasteiger charge is -2.05. The Hall–Kier alpha value is -1.56. The van der Waals surface area contributed by atoms with Gasteiger partial charge >= 0.3 is 0 Å². The Bertz CT molecular complexity index is 653. The van der Waals surface area contributed by atoms with Gasteiger partial charge in [0.25, 0.3) is 11.8 Å². The van der Waals surface area contributed by atoms with Crippen molar-refractivity contribution in [2.45, 2.75) is 0 Å². The number of hydrogen-bond acceptors (Lipinski definition) is 3. The highest BCUT2D eigenvalue weighted by Crippen LogP contribution is 2.31. The minimum Gasteiger partial charge on any atom is -0.355 e. The zero-order valence-electron chi connectivity index (χ0n) is 10.4. The largest absolute Gasteiger partial charge is 0.355 e. The van der Waals surface area contributed by atoms with Crippen molar-refractivity contribution in [3.63, 3.8) is 0 Å². The van der Waals surface area contributed by atoms with Gasteiger partial charge in [0, 0.05) is 18.3 Å². The summed E-state index contributed by atoms with van der Waals surface area (Å²) < 4.78 is 0.796. The fourth-order valence-electron chi connectivity index (χ4n) is 1.54. The minimum absolute atomic E-state index is 0.185. The molecule has 0 radical (unpaired) electrons. The van der Waals surface area contributed by atoms with Crippen molar-refractivity contribution in [3.8, 4) is 0 Å². The number of halogens is 2. The fraction of sp³-hybridized carbons (Fsp3) is 0.0769. The molecule has 0 aliphatic heterocycles. The van der Waals surface area contributed by atoms with E-state index in [4.69, 9.17) is 23.2 Å². The number of rotatable bonds is 3. The molecule has 0 saturated heterocycles. The average molecular weight is 329 g/mol. The van der Waals surface area contributed by atoms with Gasteiger partial charge in [-0.2, -0.15) is 0 Å². The number of thiophene rings is 1. The molecule has 0 aliphatic carbocycles. The molecule has 1 heterocycles. The number of benzene rings is 1. The quantitative estimate of drug-likeness (QED) is 0.903. The Morgan fingerprint density at radius 2 is 1.75 bits per heavy atom. The smallest absolute Gasteiger partial charge is 0.258 e. The first-order chi connectivity index (χ1) is 9.51. The summed E-state index contributed by atoms with van der Waals surface area (Å²) in [4.78, 5) is 23.4.